The Kier molecular flexibility index (Phi) is 3.85. The van der Waals surface area contributed by atoms with Gasteiger partial charge >= 0.3 is 0 Å². The van der Waals surface area contributed by atoms with E-state index in [0.717, 1.165) is 33.9 Å². The molecular weight excluding hydrogens is 304 g/mol. The van der Waals surface area contributed by atoms with E-state index in [-0.39, 0.29) is 5.78 Å². The molecule has 0 atom stereocenters. The van der Waals surface area contributed by atoms with Crippen molar-refractivity contribution in [1.82, 2.24) is 0 Å². The predicted octanol–water partition coefficient (Wildman–Crippen LogP) is 6.19. The van der Waals surface area contributed by atoms with Crippen LogP contribution >= 0.6 is 0 Å². The summed E-state index contributed by atoms with van der Waals surface area (Å²) in [4.78, 5) is 13.0. The summed E-state index contributed by atoms with van der Waals surface area (Å²) in [6, 6.07) is 22.1. The quantitative estimate of drug-likeness (QED) is 0.525. The molecule has 0 saturated heterocycles. The van der Waals surface area contributed by atoms with Crippen molar-refractivity contribution in [3.63, 3.8) is 0 Å². The fourth-order valence-corrected chi connectivity index (χ4v) is 3.60. The molecule has 3 aromatic rings. The highest BCUT2D eigenvalue weighted by Gasteiger charge is 2.15. The summed E-state index contributed by atoms with van der Waals surface area (Å²) in [5.74, 6) is 0.0773. The first-order valence-electron chi connectivity index (χ1n) is 8.63. The van der Waals surface area contributed by atoms with Crippen molar-refractivity contribution < 1.29 is 4.79 Å². The highest BCUT2D eigenvalue weighted by Crippen LogP contribution is 2.33. The topological polar surface area (TPSA) is 17.1 Å². The molecule has 0 bridgehead atoms. The number of carbonyl (C=O) groups excluding carboxylic acids is 1. The number of benzene rings is 3. The highest BCUT2D eigenvalue weighted by atomic mass is 16.1. The molecule has 1 aliphatic carbocycles. The maximum absolute atomic E-state index is 13.0. The summed E-state index contributed by atoms with van der Waals surface area (Å²) in [6.45, 7) is 4.30. The number of hydrogen-bond acceptors (Lipinski definition) is 1. The summed E-state index contributed by atoms with van der Waals surface area (Å²) in [6.07, 6.45) is 3.20. The first-order chi connectivity index (χ1) is 12.1. The third-order valence-electron chi connectivity index (χ3n) is 4.88. The average molecular weight is 324 g/mol. The average Bonchev–Trinajstić information content (AvgIpc) is 2.99. The van der Waals surface area contributed by atoms with Gasteiger partial charge in [0, 0.05) is 11.1 Å². The first kappa shape index (κ1) is 15.6. The highest BCUT2D eigenvalue weighted by molar-refractivity contribution is 6.11. The van der Waals surface area contributed by atoms with Gasteiger partial charge in [0.15, 0.2) is 5.78 Å². The van der Waals surface area contributed by atoms with E-state index in [1.54, 1.807) is 0 Å². The summed E-state index contributed by atoms with van der Waals surface area (Å²) in [5, 5.41) is 2.25. The second kappa shape index (κ2) is 6.18. The summed E-state index contributed by atoms with van der Waals surface area (Å²) < 4.78 is 0. The first-order valence-corrected chi connectivity index (χ1v) is 8.63. The molecule has 4 rings (SSSR count). The molecule has 0 saturated carbocycles. The maximum Gasteiger partial charge on any atom is 0.193 e. The van der Waals surface area contributed by atoms with Gasteiger partial charge in [0.05, 0.1) is 0 Å². The lowest BCUT2D eigenvalue weighted by Crippen LogP contribution is -2.02. The van der Waals surface area contributed by atoms with E-state index < -0.39 is 0 Å². The molecule has 1 heteroatoms. The molecule has 0 unspecified atom stereocenters. The van der Waals surface area contributed by atoms with Gasteiger partial charge in [-0.25, -0.2) is 0 Å². The molecular formula is C24H20O. The van der Waals surface area contributed by atoms with Crippen LogP contribution in [0.2, 0.25) is 0 Å². The van der Waals surface area contributed by atoms with Gasteiger partial charge in [0.1, 0.15) is 0 Å². The van der Waals surface area contributed by atoms with Gasteiger partial charge in [-0.05, 0) is 59.9 Å². The van der Waals surface area contributed by atoms with E-state index in [9.17, 15) is 4.79 Å². The Morgan fingerprint density at radius 3 is 2.32 bits per heavy atom. The van der Waals surface area contributed by atoms with Gasteiger partial charge < -0.3 is 0 Å². The zero-order chi connectivity index (χ0) is 17.4. The molecule has 0 amide bonds. The maximum atomic E-state index is 13.0. The zero-order valence-corrected chi connectivity index (χ0v) is 14.5. The van der Waals surface area contributed by atoms with Gasteiger partial charge in [-0.2, -0.15) is 0 Å². The molecule has 0 fully saturated rings. The van der Waals surface area contributed by atoms with E-state index in [4.69, 9.17) is 0 Å². The summed E-state index contributed by atoms with van der Waals surface area (Å²) >= 11 is 0. The van der Waals surface area contributed by atoms with Crippen molar-refractivity contribution in [3.05, 3.63) is 101 Å². The van der Waals surface area contributed by atoms with Gasteiger partial charge in [-0.3, -0.25) is 4.79 Å². The second-order valence-electron chi connectivity index (χ2n) is 6.80. The minimum absolute atomic E-state index is 0.0773. The Hall–Kier alpha value is -2.93. The van der Waals surface area contributed by atoms with Crippen molar-refractivity contribution in [2.75, 3.05) is 0 Å². The molecule has 0 spiro atoms. The third-order valence-corrected chi connectivity index (χ3v) is 4.88. The molecule has 0 heterocycles. The summed E-state index contributed by atoms with van der Waals surface area (Å²) in [5.41, 5.74) is 6.63. The van der Waals surface area contributed by atoms with E-state index in [1.807, 2.05) is 54.6 Å². The standard InChI is InChI=1S/C24H20O/c1-16-12-17(2)23(13-16)20-8-5-9-21(15-20)24(25)22-11-10-18-6-3-4-7-19(18)14-22/h3-12,14-15H,13H2,1-2H3. The Labute approximate surface area is 148 Å². The number of fused-ring (bicyclic) bond motifs is 1. The zero-order valence-electron chi connectivity index (χ0n) is 14.5. The number of rotatable bonds is 3. The van der Waals surface area contributed by atoms with Crippen molar-refractivity contribution in [2.45, 2.75) is 20.3 Å². The van der Waals surface area contributed by atoms with E-state index in [1.165, 1.54) is 16.7 Å². The van der Waals surface area contributed by atoms with Crippen LogP contribution in [0.4, 0.5) is 0 Å². The number of carbonyl (C=O) groups is 1. The molecule has 122 valence electrons. The number of allylic oxidation sites excluding steroid dienone is 4. The third kappa shape index (κ3) is 2.94. The van der Waals surface area contributed by atoms with Gasteiger partial charge in [-0.1, -0.05) is 66.2 Å². The van der Waals surface area contributed by atoms with Crippen LogP contribution in [-0.2, 0) is 0 Å². The molecule has 25 heavy (non-hydrogen) atoms. The fraction of sp³-hybridized carbons (Fsp3) is 0.125. The van der Waals surface area contributed by atoms with Crippen LogP contribution in [0.1, 0.15) is 41.8 Å². The number of ketones is 1. The van der Waals surface area contributed by atoms with Gasteiger partial charge in [0.25, 0.3) is 0 Å². The predicted molar refractivity (Wildman–Crippen MR) is 105 cm³/mol. The van der Waals surface area contributed by atoms with E-state index in [2.05, 4.69) is 32.1 Å². The lowest BCUT2D eigenvalue weighted by atomic mass is 9.95. The van der Waals surface area contributed by atoms with Crippen molar-refractivity contribution in [1.29, 1.82) is 0 Å². The second-order valence-corrected chi connectivity index (χ2v) is 6.80. The Bertz CT molecular complexity index is 1050. The number of hydrogen-bond donors (Lipinski definition) is 0. The Morgan fingerprint density at radius 2 is 1.56 bits per heavy atom. The monoisotopic (exact) mass is 324 g/mol. The Balaban J connectivity index is 1.70. The molecule has 3 aromatic carbocycles. The fourth-order valence-electron chi connectivity index (χ4n) is 3.60. The molecule has 0 radical (unpaired) electrons. The molecule has 1 aliphatic rings. The molecule has 0 N–H and O–H groups in total. The van der Waals surface area contributed by atoms with Gasteiger partial charge in [0.2, 0.25) is 0 Å². The lowest BCUT2D eigenvalue weighted by Gasteiger charge is -2.09. The Morgan fingerprint density at radius 1 is 0.800 bits per heavy atom. The molecule has 1 nitrogen and oxygen atoms in total. The minimum atomic E-state index is 0.0773. The van der Waals surface area contributed by atoms with Crippen molar-refractivity contribution in [2.24, 2.45) is 0 Å². The van der Waals surface area contributed by atoms with Crippen LogP contribution in [0.3, 0.4) is 0 Å². The summed E-state index contributed by atoms with van der Waals surface area (Å²) in [7, 11) is 0. The minimum Gasteiger partial charge on any atom is -0.289 e. The van der Waals surface area contributed by atoms with E-state index >= 15 is 0 Å². The lowest BCUT2D eigenvalue weighted by molar-refractivity contribution is 0.103. The molecule has 0 aliphatic heterocycles. The van der Waals surface area contributed by atoms with Crippen molar-refractivity contribution in [3.8, 4) is 0 Å². The van der Waals surface area contributed by atoms with Crippen molar-refractivity contribution >= 4 is 22.1 Å². The van der Waals surface area contributed by atoms with E-state index in [0.29, 0.717) is 0 Å². The smallest absolute Gasteiger partial charge is 0.193 e. The van der Waals surface area contributed by atoms with Gasteiger partial charge in [-0.15, -0.1) is 0 Å². The SMILES string of the molecule is CC1=CC(C)=C(c2cccc(C(=O)c3ccc4ccccc4c3)c2)C1. The van der Waals surface area contributed by atoms with Crippen LogP contribution < -0.4 is 0 Å². The van der Waals surface area contributed by atoms with Crippen LogP contribution in [0.15, 0.2) is 84.0 Å². The normalized spacial score (nSPS) is 14.1. The van der Waals surface area contributed by atoms with Crippen LogP contribution in [-0.4, -0.2) is 5.78 Å². The largest absolute Gasteiger partial charge is 0.289 e. The van der Waals surface area contributed by atoms with Crippen LogP contribution in [0.25, 0.3) is 16.3 Å². The molecule has 0 aromatic heterocycles. The van der Waals surface area contributed by atoms with Crippen LogP contribution in [0.5, 0.6) is 0 Å². The van der Waals surface area contributed by atoms with Crippen LogP contribution in [0, 0.1) is 0 Å².